The molecule has 1 fully saturated rings. The van der Waals surface area contributed by atoms with Crippen LogP contribution in [0.15, 0.2) is 18.2 Å². The standard InChI is InChI=1S/C13H16N2O5S/c1-20-12-3-2-9(6-10(12)15(18)19)7-14-4-5-21-8-11(14)13(16)17/h2-3,6,11H,4-5,7-8H2,1H3,(H,16,17). The van der Waals surface area contributed by atoms with Crippen LogP contribution in [0.5, 0.6) is 5.75 Å². The largest absolute Gasteiger partial charge is 0.490 e. The third-order valence-electron chi connectivity index (χ3n) is 3.35. The van der Waals surface area contributed by atoms with Gasteiger partial charge in [0.1, 0.15) is 6.04 Å². The Labute approximate surface area is 126 Å². The van der Waals surface area contributed by atoms with Crippen LogP contribution in [0.1, 0.15) is 5.56 Å². The molecule has 0 bridgehead atoms. The summed E-state index contributed by atoms with van der Waals surface area (Å²) in [7, 11) is 1.38. The summed E-state index contributed by atoms with van der Waals surface area (Å²) in [5, 5.41) is 20.2. The molecule has 1 atom stereocenters. The summed E-state index contributed by atoms with van der Waals surface area (Å²) < 4.78 is 4.96. The number of nitro groups is 1. The van der Waals surface area contributed by atoms with Crippen molar-refractivity contribution in [3.05, 3.63) is 33.9 Å². The van der Waals surface area contributed by atoms with Gasteiger partial charge in [-0.2, -0.15) is 11.8 Å². The number of nitrogens with zero attached hydrogens (tertiary/aromatic N) is 2. The van der Waals surface area contributed by atoms with Crippen molar-refractivity contribution in [3.63, 3.8) is 0 Å². The minimum atomic E-state index is -0.856. The summed E-state index contributed by atoms with van der Waals surface area (Å²) in [5.41, 5.74) is 0.605. The zero-order valence-electron chi connectivity index (χ0n) is 11.5. The minimum absolute atomic E-state index is 0.103. The average molecular weight is 312 g/mol. The van der Waals surface area contributed by atoms with Gasteiger partial charge in [0.05, 0.1) is 12.0 Å². The fourth-order valence-corrected chi connectivity index (χ4v) is 3.37. The highest BCUT2D eigenvalue weighted by atomic mass is 32.2. The van der Waals surface area contributed by atoms with E-state index < -0.39 is 16.9 Å². The maximum atomic E-state index is 11.2. The molecule has 2 rings (SSSR count). The second kappa shape index (κ2) is 6.77. The number of ether oxygens (including phenoxy) is 1. The van der Waals surface area contributed by atoms with Crippen molar-refractivity contribution in [1.82, 2.24) is 4.90 Å². The Hall–Kier alpha value is -1.80. The van der Waals surface area contributed by atoms with Crippen molar-refractivity contribution in [2.24, 2.45) is 0 Å². The highest BCUT2D eigenvalue weighted by Crippen LogP contribution is 2.29. The van der Waals surface area contributed by atoms with Gasteiger partial charge < -0.3 is 9.84 Å². The minimum Gasteiger partial charge on any atom is -0.490 e. The number of carboxylic acids is 1. The molecule has 0 radical (unpaired) electrons. The smallest absolute Gasteiger partial charge is 0.321 e. The first-order chi connectivity index (χ1) is 10.0. The molecule has 1 aliphatic heterocycles. The van der Waals surface area contributed by atoms with Gasteiger partial charge in [0.15, 0.2) is 5.75 Å². The van der Waals surface area contributed by atoms with Crippen LogP contribution < -0.4 is 4.74 Å². The van der Waals surface area contributed by atoms with E-state index in [1.54, 1.807) is 23.9 Å². The van der Waals surface area contributed by atoms with Crippen molar-refractivity contribution in [2.45, 2.75) is 12.6 Å². The monoisotopic (exact) mass is 312 g/mol. The van der Waals surface area contributed by atoms with E-state index in [1.807, 2.05) is 4.90 Å². The molecular weight excluding hydrogens is 296 g/mol. The number of benzene rings is 1. The van der Waals surface area contributed by atoms with Crippen LogP contribution in [0.4, 0.5) is 5.69 Å². The zero-order chi connectivity index (χ0) is 15.4. The number of carbonyl (C=O) groups is 1. The van der Waals surface area contributed by atoms with Gasteiger partial charge in [-0.05, 0) is 11.6 Å². The van der Waals surface area contributed by atoms with Gasteiger partial charge in [0.2, 0.25) is 0 Å². The molecule has 1 unspecified atom stereocenters. The van der Waals surface area contributed by atoms with Crippen molar-refractivity contribution >= 4 is 23.4 Å². The Morgan fingerprint density at radius 1 is 1.62 bits per heavy atom. The lowest BCUT2D eigenvalue weighted by molar-refractivity contribution is -0.385. The number of rotatable bonds is 5. The van der Waals surface area contributed by atoms with Crippen LogP contribution in [-0.2, 0) is 11.3 Å². The molecule has 7 nitrogen and oxygen atoms in total. The summed E-state index contributed by atoms with van der Waals surface area (Å²) in [6, 6.07) is 4.17. The summed E-state index contributed by atoms with van der Waals surface area (Å²) in [4.78, 5) is 23.6. The summed E-state index contributed by atoms with van der Waals surface area (Å²) in [5.74, 6) is 0.744. The predicted octanol–water partition coefficient (Wildman–Crippen LogP) is 1.61. The van der Waals surface area contributed by atoms with Gasteiger partial charge in [-0.25, -0.2) is 0 Å². The Balaban J connectivity index is 2.20. The number of nitro benzene ring substituents is 1. The first-order valence-corrected chi connectivity index (χ1v) is 7.54. The molecule has 0 amide bonds. The molecule has 1 aromatic carbocycles. The number of hydrogen-bond acceptors (Lipinski definition) is 6. The van der Waals surface area contributed by atoms with E-state index >= 15 is 0 Å². The van der Waals surface area contributed by atoms with Crippen LogP contribution in [-0.4, -0.2) is 52.1 Å². The second-order valence-electron chi connectivity index (χ2n) is 4.66. The van der Waals surface area contributed by atoms with Gasteiger partial charge in [-0.3, -0.25) is 19.8 Å². The lowest BCUT2D eigenvalue weighted by Gasteiger charge is -2.32. The van der Waals surface area contributed by atoms with Gasteiger partial charge in [0, 0.05) is 30.7 Å². The quantitative estimate of drug-likeness (QED) is 0.652. The van der Waals surface area contributed by atoms with Crippen LogP contribution in [0.25, 0.3) is 0 Å². The van der Waals surface area contributed by atoms with Crippen LogP contribution in [0, 0.1) is 10.1 Å². The van der Waals surface area contributed by atoms with E-state index in [0.29, 0.717) is 24.4 Å². The molecule has 0 saturated carbocycles. The van der Waals surface area contributed by atoms with E-state index in [4.69, 9.17) is 4.74 Å². The fourth-order valence-electron chi connectivity index (χ4n) is 2.27. The van der Waals surface area contributed by atoms with E-state index in [9.17, 15) is 20.0 Å². The predicted molar refractivity (Wildman–Crippen MR) is 78.8 cm³/mol. The molecule has 1 heterocycles. The van der Waals surface area contributed by atoms with E-state index in [1.165, 1.54) is 13.2 Å². The molecule has 1 saturated heterocycles. The van der Waals surface area contributed by atoms with Crippen molar-refractivity contribution in [3.8, 4) is 5.75 Å². The van der Waals surface area contributed by atoms with Crippen molar-refractivity contribution in [1.29, 1.82) is 0 Å². The Morgan fingerprint density at radius 2 is 2.38 bits per heavy atom. The third kappa shape index (κ3) is 3.64. The van der Waals surface area contributed by atoms with Gasteiger partial charge in [0.25, 0.3) is 0 Å². The molecule has 1 N–H and O–H groups in total. The van der Waals surface area contributed by atoms with Gasteiger partial charge in [-0.1, -0.05) is 6.07 Å². The van der Waals surface area contributed by atoms with Crippen LogP contribution >= 0.6 is 11.8 Å². The SMILES string of the molecule is COc1ccc(CN2CCSCC2C(=O)O)cc1[N+](=O)[O-]. The number of methoxy groups -OCH3 is 1. The maximum absolute atomic E-state index is 11.2. The van der Waals surface area contributed by atoms with E-state index in [-0.39, 0.29) is 11.4 Å². The van der Waals surface area contributed by atoms with Crippen molar-refractivity contribution < 1.29 is 19.6 Å². The Bertz CT molecular complexity index is 551. The second-order valence-corrected chi connectivity index (χ2v) is 5.81. The van der Waals surface area contributed by atoms with E-state index in [0.717, 1.165) is 5.75 Å². The molecule has 21 heavy (non-hydrogen) atoms. The lowest BCUT2D eigenvalue weighted by atomic mass is 10.1. The normalized spacial score (nSPS) is 19.2. The summed E-state index contributed by atoms with van der Waals surface area (Å²) in [6.07, 6.45) is 0. The lowest BCUT2D eigenvalue weighted by Crippen LogP contribution is -2.46. The van der Waals surface area contributed by atoms with Gasteiger partial charge >= 0.3 is 11.7 Å². The fraction of sp³-hybridized carbons (Fsp3) is 0.462. The van der Waals surface area contributed by atoms with E-state index in [2.05, 4.69) is 0 Å². The molecule has 0 spiro atoms. The molecule has 0 aromatic heterocycles. The molecule has 8 heteroatoms. The highest BCUT2D eigenvalue weighted by Gasteiger charge is 2.29. The summed E-state index contributed by atoms with van der Waals surface area (Å²) in [6.45, 7) is 1.03. The number of thioether (sulfide) groups is 1. The van der Waals surface area contributed by atoms with Crippen molar-refractivity contribution in [2.75, 3.05) is 25.2 Å². The third-order valence-corrected chi connectivity index (χ3v) is 4.37. The number of hydrogen-bond donors (Lipinski definition) is 1. The molecule has 114 valence electrons. The maximum Gasteiger partial charge on any atom is 0.321 e. The first-order valence-electron chi connectivity index (χ1n) is 6.39. The Kier molecular flexibility index (Phi) is 5.03. The Morgan fingerprint density at radius 3 is 3.00 bits per heavy atom. The van der Waals surface area contributed by atoms with Crippen LogP contribution in [0.2, 0.25) is 0 Å². The number of aliphatic carboxylic acids is 1. The van der Waals surface area contributed by atoms with Crippen LogP contribution in [0.3, 0.4) is 0 Å². The molecule has 1 aromatic rings. The summed E-state index contributed by atoms with van der Waals surface area (Å²) >= 11 is 1.61. The topological polar surface area (TPSA) is 92.9 Å². The molecule has 1 aliphatic rings. The number of carboxylic acid groups (broad SMARTS) is 1. The average Bonchev–Trinajstić information content (AvgIpc) is 2.47. The molecular formula is C13H16N2O5S. The highest BCUT2D eigenvalue weighted by molar-refractivity contribution is 7.99. The first kappa shape index (κ1) is 15.6. The zero-order valence-corrected chi connectivity index (χ0v) is 12.3. The van der Waals surface area contributed by atoms with Gasteiger partial charge in [-0.15, -0.1) is 0 Å². The molecule has 0 aliphatic carbocycles.